The van der Waals surface area contributed by atoms with Crippen LogP contribution in [0.3, 0.4) is 0 Å². The summed E-state index contributed by atoms with van der Waals surface area (Å²) >= 11 is 0. The van der Waals surface area contributed by atoms with Crippen LogP contribution in [0, 0.1) is 0 Å². The van der Waals surface area contributed by atoms with E-state index in [9.17, 15) is 0 Å². The number of nitrogens with two attached hydrogens (primary N) is 1. The van der Waals surface area contributed by atoms with Gasteiger partial charge in [-0.05, 0) is 12.1 Å². The van der Waals surface area contributed by atoms with Crippen molar-refractivity contribution in [2.45, 2.75) is 6.54 Å². The zero-order chi connectivity index (χ0) is 10.5. The zero-order valence-corrected chi connectivity index (χ0v) is 8.65. The number of nitrogens with zero attached hydrogens (tertiary/aromatic N) is 2. The van der Waals surface area contributed by atoms with E-state index in [1.165, 1.54) is 0 Å². The summed E-state index contributed by atoms with van der Waals surface area (Å²) in [7, 11) is 0. The average Bonchev–Trinajstić information content (AvgIpc) is 2.31. The Morgan fingerprint density at radius 1 is 1.47 bits per heavy atom. The summed E-state index contributed by atoms with van der Waals surface area (Å²) in [6.45, 7) is 4.44. The largest absolute Gasteiger partial charge is 0.379 e. The van der Waals surface area contributed by atoms with Crippen LogP contribution < -0.4 is 11.3 Å². The molecule has 2 rings (SSSR count). The molecule has 0 saturated carbocycles. The van der Waals surface area contributed by atoms with E-state index < -0.39 is 0 Å². The van der Waals surface area contributed by atoms with Gasteiger partial charge in [0.25, 0.3) is 0 Å². The minimum absolute atomic E-state index is 0.814. The lowest BCUT2D eigenvalue weighted by atomic mass is 10.3. The SMILES string of the molecule is NNc1ccnc(CN2CCOCC2)c1. The third-order valence-corrected chi connectivity index (χ3v) is 2.47. The molecule has 0 radical (unpaired) electrons. The first-order valence-electron chi connectivity index (χ1n) is 5.10. The van der Waals surface area contributed by atoms with E-state index in [-0.39, 0.29) is 0 Å². The molecule has 2 heterocycles. The molecular weight excluding hydrogens is 192 g/mol. The predicted octanol–water partition coefficient (Wildman–Crippen LogP) is 0.199. The highest BCUT2D eigenvalue weighted by atomic mass is 16.5. The van der Waals surface area contributed by atoms with Crippen molar-refractivity contribution in [3.63, 3.8) is 0 Å². The van der Waals surface area contributed by atoms with Gasteiger partial charge in [-0.3, -0.25) is 15.7 Å². The van der Waals surface area contributed by atoms with Gasteiger partial charge in [0.05, 0.1) is 24.6 Å². The van der Waals surface area contributed by atoms with Crippen LogP contribution in [0.1, 0.15) is 5.69 Å². The van der Waals surface area contributed by atoms with E-state index >= 15 is 0 Å². The van der Waals surface area contributed by atoms with E-state index in [4.69, 9.17) is 10.6 Å². The van der Waals surface area contributed by atoms with Crippen LogP contribution in [0.15, 0.2) is 18.3 Å². The van der Waals surface area contributed by atoms with Gasteiger partial charge in [0.1, 0.15) is 0 Å². The second kappa shape index (κ2) is 5.06. The monoisotopic (exact) mass is 208 g/mol. The zero-order valence-electron chi connectivity index (χ0n) is 8.65. The normalized spacial score (nSPS) is 17.7. The number of rotatable bonds is 3. The third-order valence-electron chi connectivity index (χ3n) is 2.47. The van der Waals surface area contributed by atoms with Gasteiger partial charge in [-0.1, -0.05) is 0 Å². The van der Waals surface area contributed by atoms with Crippen LogP contribution in [-0.2, 0) is 11.3 Å². The number of hydrogen-bond acceptors (Lipinski definition) is 5. The van der Waals surface area contributed by atoms with Crippen LogP contribution >= 0.6 is 0 Å². The number of hydrazine groups is 1. The summed E-state index contributed by atoms with van der Waals surface area (Å²) in [4.78, 5) is 6.63. The molecule has 0 spiro atoms. The number of anilines is 1. The summed E-state index contributed by atoms with van der Waals surface area (Å²) in [5.74, 6) is 5.34. The van der Waals surface area contributed by atoms with Crippen LogP contribution in [0.2, 0.25) is 0 Å². The van der Waals surface area contributed by atoms with Crippen molar-refractivity contribution >= 4 is 5.69 Å². The van der Waals surface area contributed by atoms with E-state index in [1.807, 2.05) is 12.1 Å². The molecule has 5 nitrogen and oxygen atoms in total. The minimum atomic E-state index is 0.814. The topological polar surface area (TPSA) is 63.4 Å². The molecule has 1 aliphatic heterocycles. The molecule has 1 aliphatic rings. The van der Waals surface area contributed by atoms with Crippen molar-refractivity contribution < 1.29 is 4.74 Å². The van der Waals surface area contributed by atoms with Crippen molar-refractivity contribution in [2.24, 2.45) is 5.84 Å². The molecular formula is C10H16N4O. The fraction of sp³-hybridized carbons (Fsp3) is 0.500. The van der Waals surface area contributed by atoms with E-state index in [0.29, 0.717) is 0 Å². The number of nitrogens with one attached hydrogen (secondary N) is 1. The highest BCUT2D eigenvalue weighted by Gasteiger charge is 2.11. The van der Waals surface area contributed by atoms with Gasteiger partial charge in [0, 0.05) is 25.8 Å². The molecule has 1 fully saturated rings. The van der Waals surface area contributed by atoms with Crippen molar-refractivity contribution in [1.82, 2.24) is 9.88 Å². The first-order valence-corrected chi connectivity index (χ1v) is 5.10. The summed E-state index contributed by atoms with van der Waals surface area (Å²) in [5.41, 5.74) is 4.55. The molecule has 82 valence electrons. The van der Waals surface area contributed by atoms with Crippen molar-refractivity contribution in [1.29, 1.82) is 0 Å². The summed E-state index contributed by atoms with van der Waals surface area (Å²) < 4.78 is 5.29. The molecule has 0 bridgehead atoms. The molecule has 0 aliphatic carbocycles. The second-order valence-electron chi connectivity index (χ2n) is 3.57. The lowest BCUT2D eigenvalue weighted by Gasteiger charge is -2.26. The lowest BCUT2D eigenvalue weighted by molar-refractivity contribution is 0.0336. The highest BCUT2D eigenvalue weighted by Crippen LogP contribution is 2.09. The first kappa shape index (κ1) is 10.4. The summed E-state index contributed by atoms with van der Waals surface area (Å²) in [6.07, 6.45) is 1.77. The molecule has 1 saturated heterocycles. The molecule has 15 heavy (non-hydrogen) atoms. The molecule has 1 aromatic heterocycles. The number of hydrogen-bond donors (Lipinski definition) is 2. The van der Waals surface area contributed by atoms with E-state index in [1.54, 1.807) is 6.20 Å². The van der Waals surface area contributed by atoms with E-state index in [2.05, 4.69) is 15.3 Å². The Morgan fingerprint density at radius 2 is 2.27 bits per heavy atom. The Labute approximate surface area is 89.2 Å². The Bertz CT molecular complexity index is 312. The minimum Gasteiger partial charge on any atom is -0.379 e. The first-order chi connectivity index (χ1) is 7.38. The molecule has 0 amide bonds. The Balaban J connectivity index is 1.96. The standard InChI is InChI=1S/C10H16N4O/c11-13-9-1-2-12-10(7-9)8-14-3-5-15-6-4-14/h1-2,7H,3-6,8,11H2,(H,12,13). The third kappa shape index (κ3) is 2.89. The average molecular weight is 208 g/mol. The second-order valence-corrected chi connectivity index (χ2v) is 3.57. The van der Waals surface area contributed by atoms with Gasteiger partial charge in [-0.15, -0.1) is 0 Å². The van der Waals surface area contributed by atoms with Crippen LogP contribution in [-0.4, -0.2) is 36.2 Å². The van der Waals surface area contributed by atoms with Crippen LogP contribution in [0.4, 0.5) is 5.69 Å². The fourth-order valence-electron chi connectivity index (χ4n) is 1.64. The fourth-order valence-corrected chi connectivity index (χ4v) is 1.64. The number of aromatic nitrogens is 1. The van der Waals surface area contributed by atoms with Gasteiger partial charge in [0.2, 0.25) is 0 Å². The number of ether oxygens (including phenoxy) is 1. The predicted molar refractivity (Wildman–Crippen MR) is 58.1 cm³/mol. The van der Waals surface area contributed by atoms with Crippen LogP contribution in [0.25, 0.3) is 0 Å². The molecule has 1 aromatic rings. The summed E-state index contributed by atoms with van der Waals surface area (Å²) in [5, 5.41) is 0. The lowest BCUT2D eigenvalue weighted by Crippen LogP contribution is -2.35. The number of nitrogen functional groups attached to an aromatic ring is 1. The van der Waals surface area contributed by atoms with Gasteiger partial charge in [-0.25, -0.2) is 0 Å². The Hall–Kier alpha value is -1.17. The van der Waals surface area contributed by atoms with E-state index in [0.717, 1.165) is 44.2 Å². The van der Waals surface area contributed by atoms with Crippen molar-refractivity contribution in [3.8, 4) is 0 Å². The van der Waals surface area contributed by atoms with Gasteiger partial charge < -0.3 is 10.2 Å². The van der Waals surface area contributed by atoms with Gasteiger partial charge in [-0.2, -0.15) is 0 Å². The Morgan fingerprint density at radius 3 is 3.00 bits per heavy atom. The Kier molecular flexibility index (Phi) is 3.49. The quantitative estimate of drug-likeness (QED) is 0.549. The number of morpholine rings is 1. The molecule has 5 heteroatoms. The molecule has 0 unspecified atom stereocenters. The van der Waals surface area contributed by atoms with Crippen molar-refractivity contribution in [2.75, 3.05) is 31.7 Å². The smallest absolute Gasteiger partial charge is 0.0594 e. The molecule has 3 N–H and O–H groups in total. The highest BCUT2D eigenvalue weighted by molar-refractivity contribution is 5.41. The molecule has 0 aromatic carbocycles. The maximum atomic E-state index is 5.34. The molecule has 0 atom stereocenters. The summed E-state index contributed by atoms with van der Waals surface area (Å²) in [6, 6.07) is 3.82. The maximum absolute atomic E-state index is 5.34. The van der Waals surface area contributed by atoms with Gasteiger partial charge in [0.15, 0.2) is 0 Å². The van der Waals surface area contributed by atoms with Gasteiger partial charge >= 0.3 is 0 Å². The maximum Gasteiger partial charge on any atom is 0.0594 e. The van der Waals surface area contributed by atoms with Crippen molar-refractivity contribution in [3.05, 3.63) is 24.0 Å². The number of pyridine rings is 1. The van der Waals surface area contributed by atoms with Crippen LogP contribution in [0.5, 0.6) is 0 Å².